The lowest BCUT2D eigenvalue weighted by Gasteiger charge is -2.35. The first-order chi connectivity index (χ1) is 10.7. The largest absolute Gasteiger partial charge is 0.462 e. The molecule has 2 aliphatic rings. The predicted octanol–water partition coefficient (Wildman–Crippen LogP) is 1.83. The number of rotatable bonds is 2. The maximum Gasteiger partial charge on any atom is 0.410 e. The summed E-state index contributed by atoms with van der Waals surface area (Å²) >= 11 is 0. The van der Waals surface area contributed by atoms with Crippen molar-refractivity contribution in [1.82, 2.24) is 4.90 Å². The summed E-state index contributed by atoms with van der Waals surface area (Å²) in [6.45, 7) is 8.37. The summed E-state index contributed by atoms with van der Waals surface area (Å²) in [7, 11) is 0. The van der Waals surface area contributed by atoms with E-state index in [0.717, 1.165) is 0 Å². The topological polar surface area (TPSA) is 83.5 Å². The Kier molecular flexibility index (Phi) is 5.49. The molecule has 2 heterocycles. The van der Waals surface area contributed by atoms with E-state index in [9.17, 15) is 9.59 Å². The van der Waals surface area contributed by atoms with Crippen molar-refractivity contribution in [3.8, 4) is 0 Å². The maximum atomic E-state index is 12.2. The third-order valence-corrected chi connectivity index (χ3v) is 3.71. The SMILES string of the molecule is CC(C)(C)OC(=O)N1CCC(OC(=O)C2(C)COOOC2)CC1. The van der Waals surface area contributed by atoms with Crippen LogP contribution in [-0.2, 0) is 29.1 Å². The Morgan fingerprint density at radius 1 is 1.13 bits per heavy atom. The van der Waals surface area contributed by atoms with E-state index in [-0.39, 0.29) is 31.4 Å². The number of amides is 1. The lowest BCUT2D eigenvalue weighted by molar-refractivity contribution is -0.546. The minimum atomic E-state index is -0.874. The van der Waals surface area contributed by atoms with Crippen LogP contribution >= 0.6 is 0 Å². The second-order valence-electron chi connectivity index (χ2n) is 7.23. The third kappa shape index (κ3) is 5.05. The number of esters is 1. The van der Waals surface area contributed by atoms with Gasteiger partial charge in [0, 0.05) is 25.9 Å². The lowest BCUT2D eigenvalue weighted by atomic mass is 9.93. The molecule has 0 aromatic carbocycles. The van der Waals surface area contributed by atoms with Crippen molar-refractivity contribution in [1.29, 1.82) is 0 Å². The molecule has 0 unspecified atom stereocenters. The number of ether oxygens (including phenoxy) is 2. The van der Waals surface area contributed by atoms with E-state index in [1.165, 1.54) is 0 Å². The molecule has 2 saturated heterocycles. The first-order valence-corrected chi connectivity index (χ1v) is 7.80. The summed E-state index contributed by atoms with van der Waals surface area (Å²) in [6.07, 6.45) is 0.611. The Labute approximate surface area is 135 Å². The fraction of sp³-hybridized carbons (Fsp3) is 0.867. The zero-order valence-corrected chi connectivity index (χ0v) is 14.1. The fourth-order valence-electron chi connectivity index (χ4n) is 2.28. The van der Waals surface area contributed by atoms with E-state index >= 15 is 0 Å². The molecular weight excluding hydrogens is 306 g/mol. The van der Waals surface area contributed by atoms with Gasteiger partial charge in [-0.2, -0.15) is 0 Å². The Balaban J connectivity index is 1.78. The molecule has 2 rings (SSSR count). The van der Waals surface area contributed by atoms with Crippen molar-refractivity contribution < 1.29 is 33.9 Å². The minimum absolute atomic E-state index is 0.0859. The molecule has 23 heavy (non-hydrogen) atoms. The van der Waals surface area contributed by atoms with E-state index < -0.39 is 11.0 Å². The molecule has 0 atom stereocenters. The summed E-state index contributed by atoms with van der Waals surface area (Å²) in [4.78, 5) is 35.3. The second-order valence-corrected chi connectivity index (χ2v) is 7.23. The van der Waals surface area contributed by atoms with E-state index in [2.05, 4.69) is 5.04 Å². The van der Waals surface area contributed by atoms with Gasteiger partial charge in [0.25, 0.3) is 0 Å². The predicted molar refractivity (Wildman–Crippen MR) is 78.0 cm³/mol. The molecule has 2 fully saturated rings. The van der Waals surface area contributed by atoms with Crippen molar-refractivity contribution >= 4 is 12.1 Å². The van der Waals surface area contributed by atoms with Gasteiger partial charge in [-0.25, -0.2) is 14.6 Å². The molecule has 8 nitrogen and oxygen atoms in total. The van der Waals surface area contributed by atoms with Gasteiger partial charge in [0.15, 0.2) is 0 Å². The number of likely N-dealkylation sites (tertiary alicyclic amines) is 1. The van der Waals surface area contributed by atoms with Crippen molar-refractivity contribution in [3.63, 3.8) is 0 Å². The highest BCUT2D eigenvalue weighted by molar-refractivity contribution is 5.77. The van der Waals surface area contributed by atoms with E-state index in [4.69, 9.17) is 19.2 Å². The Bertz CT molecular complexity index is 432. The molecule has 0 aromatic heterocycles. The molecule has 1 amide bonds. The zero-order valence-electron chi connectivity index (χ0n) is 14.1. The van der Waals surface area contributed by atoms with E-state index in [0.29, 0.717) is 25.9 Å². The summed E-state index contributed by atoms with van der Waals surface area (Å²) < 4.78 is 10.9. The summed E-state index contributed by atoms with van der Waals surface area (Å²) in [5.41, 5.74) is -1.39. The molecule has 0 saturated carbocycles. The maximum absolute atomic E-state index is 12.2. The van der Waals surface area contributed by atoms with Crippen LogP contribution in [0.2, 0.25) is 0 Å². The van der Waals surface area contributed by atoms with E-state index in [1.807, 2.05) is 20.8 Å². The first kappa shape index (κ1) is 18.0. The number of carbonyl (C=O) groups excluding carboxylic acids is 2. The zero-order chi connectivity index (χ0) is 17.1. The van der Waals surface area contributed by atoms with Crippen LogP contribution in [0.4, 0.5) is 4.79 Å². The molecule has 0 aromatic rings. The van der Waals surface area contributed by atoms with Gasteiger partial charge in [0.05, 0.1) is 0 Å². The highest BCUT2D eigenvalue weighted by atomic mass is 17.5. The van der Waals surface area contributed by atoms with Crippen LogP contribution in [0.5, 0.6) is 0 Å². The van der Waals surface area contributed by atoms with Gasteiger partial charge in [-0.05, 0) is 27.7 Å². The monoisotopic (exact) mass is 331 g/mol. The smallest absolute Gasteiger partial charge is 0.410 e. The Morgan fingerprint density at radius 3 is 2.22 bits per heavy atom. The molecule has 0 spiro atoms. The summed E-state index contributed by atoms with van der Waals surface area (Å²) in [5, 5.41) is 4.32. The fourth-order valence-corrected chi connectivity index (χ4v) is 2.28. The number of carbonyl (C=O) groups is 2. The number of nitrogens with zero attached hydrogens (tertiary/aromatic N) is 1. The van der Waals surface area contributed by atoms with Crippen LogP contribution in [0, 0.1) is 5.41 Å². The van der Waals surface area contributed by atoms with Crippen LogP contribution in [0.15, 0.2) is 0 Å². The minimum Gasteiger partial charge on any atom is -0.462 e. The lowest BCUT2D eigenvalue weighted by Crippen LogP contribution is -2.47. The van der Waals surface area contributed by atoms with Crippen LogP contribution in [0.3, 0.4) is 0 Å². The highest BCUT2D eigenvalue weighted by Crippen LogP contribution is 2.26. The van der Waals surface area contributed by atoms with Gasteiger partial charge < -0.3 is 14.4 Å². The molecule has 2 aliphatic heterocycles. The van der Waals surface area contributed by atoms with Crippen LogP contribution in [0.1, 0.15) is 40.5 Å². The van der Waals surface area contributed by atoms with Crippen molar-refractivity contribution in [2.24, 2.45) is 5.41 Å². The Morgan fingerprint density at radius 2 is 1.70 bits per heavy atom. The molecule has 132 valence electrons. The quantitative estimate of drug-likeness (QED) is 0.564. The van der Waals surface area contributed by atoms with Crippen molar-refractivity contribution in [2.75, 3.05) is 26.3 Å². The van der Waals surface area contributed by atoms with Gasteiger partial charge in [-0.3, -0.25) is 4.79 Å². The summed E-state index contributed by atoms with van der Waals surface area (Å²) in [6, 6.07) is 0. The second kappa shape index (κ2) is 7.02. The van der Waals surface area contributed by atoms with E-state index in [1.54, 1.807) is 11.8 Å². The van der Waals surface area contributed by atoms with Crippen LogP contribution < -0.4 is 0 Å². The van der Waals surface area contributed by atoms with Gasteiger partial charge in [-0.1, -0.05) is 5.04 Å². The average molecular weight is 331 g/mol. The van der Waals surface area contributed by atoms with Crippen molar-refractivity contribution in [2.45, 2.75) is 52.2 Å². The van der Waals surface area contributed by atoms with Gasteiger partial charge in [0.2, 0.25) is 0 Å². The number of piperidine rings is 1. The van der Waals surface area contributed by atoms with Crippen molar-refractivity contribution in [3.05, 3.63) is 0 Å². The van der Waals surface area contributed by atoms with Gasteiger partial charge >= 0.3 is 12.1 Å². The third-order valence-electron chi connectivity index (χ3n) is 3.71. The first-order valence-electron chi connectivity index (χ1n) is 7.80. The molecule has 0 bridgehead atoms. The summed E-state index contributed by atoms with van der Waals surface area (Å²) in [5.74, 6) is -0.378. The van der Waals surface area contributed by atoms with Crippen LogP contribution in [0.25, 0.3) is 0 Å². The van der Waals surface area contributed by atoms with Gasteiger partial charge in [-0.15, -0.1) is 0 Å². The number of hydrogen-bond acceptors (Lipinski definition) is 7. The average Bonchev–Trinajstić information content (AvgIpc) is 2.47. The highest BCUT2D eigenvalue weighted by Gasteiger charge is 2.41. The molecular formula is C15H25NO7. The molecule has 8 heteroatoms. The van der Waals surface area contributed by atoms with Gasteiger partial charge in [0.1, 0.15) is 30.3 Å². The normalized spacial score (nSPS) is 22.5. The molecule has 0 aliphatic carbocycles. The number of hydrogen-bond donors (Lipinski definition) is 0. The molecule has 0 N–H and O–H groups in total. The Hall–Kier alpha value is -1.38. The standard InChI is InChI=1S/C15H25NO7/c1-14(2,3)22-13(18)16-7-5-11(6-8-16)21-12(17)15(4)9-19-23-20-10-15/h11H,5-10H2,1-4H3. The van der Waals surface area contributed by atoms with Crippen LogP contribution in [-0.4, -0.2) is 55.0 Å². The molecule has 0 radical (unpaired) electrons.